The van der Waals surface area contributed by atoms with Crippen LogP contribution in [0.2, 0.25) is 10.0 Å². The molecule has 3 aromatic rings. The molecule has 3 N–H and O–H groups in total. The number of hydrogen-bond acceptors (Lipinski definition) is 5. The smallest absolute Gasteiger partial charge is 0.293 e. The lowest BCUT2D eigenvalue weighted by molar-refractivity contribution is -0.116. The second kappa shape index (κ2) is 11.9. The van der Waals surface area contributed by atoms with Gasteiger partial charge < -0.3 is 19.8 Å². The molecule has 0 radical (unpaired) electrons. The number of halogens is 2. The Morgan fingerprint density at radius 2 is 1.85 bits per heavy atom. The Balaban J connectivity index is 1.63. The Bertz CT molecular complexity index is 1210. The highest BCUT2D eigenvalue weighted by Crippen LogP contribution is 2.32. The Kier molecular flexibility index (Phi) is 8.92. The number of anilines is 2. The van der Waals surface area contributed by atoms with Crippen molar-refractivity contribution < 1.29 is 18.7 Å². The minimum absolute atomic E-state index is 0.0536. The van der Waals surface area contributed by atoms with Gasteiger partial charge in [0.25, 0.3) is 5.91 Å². The molecule has 0 aliphatic rings. The lowest BCUT2D eigenvalue weighted by Crippen LogP contribution is -2.33. The van der Waals surface area contributed by atoms with Gasteiger partial charge in [-0.2, -0.15) is 0 Å². The molecule has 7 nitrogen and oxygen atoms in total. The number of methoxy groups -OCH3 is 1. The third-order valence-electron chi connectivity index (χ3n) is 4.74. The van der Waals surface area contributed by atoms with E-state index in [-0.39, 0.29) is 16.8 Å². The number of rotatable bonds is 8. The van der Waals surface area contributed by atoms with E-state index >= 15 is 0 Å². The fraction of sp³-hybridized carbons (Fsp3) is 0.208. The van der Waals surface area contributed by atoms with E-state index in [0.717, 1.165) is 12.8 Å². The number of nitrogens with one attached hydrogen (secondary N) is 3. The van der Waals surface area contributed by atoms with Gasteiger partial charge in [-0.3, -0.25) is 14.9 Å². The molecule has 0 saturated carbocycles. The van der Waals surface area contributed by atoms with Crippen LogP contribution in [0.4, 0.5) is 11.4 Å². The number of furan rings is 1. The Hall–Kier alpha value is -3.07. The van der Waals surface area contributed by atoms with Gasteiger partial charge in [-0.15, -0.1) is 0 Å². The number of amides is 2. The van der Waals surface area contributed by atoms with Crippen molar-refractivity contribution in [1.82, 2.24) is 5.32 Å². The van der Waals surface area contributed by atoms with Crippen LogP contribution >= 0.6 is 35.4 Å². The molecular formula is C24H23Cl2N3O4S. The van der Waals surface area contributed by atoms with Crippen LogP contribution in [-0.4, -0.2) is 24.0 Å². The van der Waals surface area contributed by atoms with Crippen LogP contribution in [0.3, 0.4) is 0 Å². The van der Waals surface area contributed by atoms with Crippen LogP contribution in [0.1, 0.15) is 36.7 Å². The van der Waals surface area contributed by atoms with Crippen molar-refractivity contribution in [3.63, 3.8) is 0 Å². The first-order valence-electron chi connectivity index (χ1n) is 10.5. The maximum Gasteiger partial charge on any atom is 0.293 e. The molecule has 0 atom stereocenters. The Morgan fingerprint density at radius 1 is 1.06 bits per heavy atom. The summed E-state index contributed by atoms with van der Waals surface area (Å²) in [4.78, 5) is 24.6. The molecule has 3 rings (SSSR count). The van der Waals surface area contributed by atoms with Crippen molar-refractivity contribution in [2.75, 3.05) is 17.7 Å². The molecule has 0 saturated heterocycles. The molecule has 0 aliphatic carbocycles. The molecule has 0 aliphatic heterocycles. The van der Waals surface area contributed by atoms with Gasteiger partial charge in [-0.05, 0) is 61.1 Å². The molecule has 0 spiro atoms. The molecule has 0 fully saturated rings. The highest BCUT2D eigenvalue weighted by Gasteiger charge is 2.16. The van der Waals surface area contributed by atoms with Gasteiger partial charge in [-0.1, -0.05) is 36.5 Å². The molecule has 0 bridgehead atoms. The average Bonchev–Trinajstić information content (AvgIpc) is 3.30. The molecule has 2 aromatic carbocycles. The monoisotopic (exact) mass is 519 g/mol. The first-order chi connectivity index (χ1) is 16.3. The van der Waals surface area contributed by atoms with Crippen LogP contribution in [0.25, 0.3) is 11.3 Å². The van der Waals surface area contributed by atoms with E-state index in [9.17, 15) is 9.59 Å². The third kappa shape index (κ3) is 6.72. The van der Waals surface area contributed by atoms with Crippen LogP contribution in [0.15, 0.2) is 52.9 Å². The fourth-order valence-electron chi connectivity index (χ4n) is 3.04. The molecular weight excluding hydrogens is 497 g/mol. The lowest BCUT2D eigenvalue weighted by Gasteiger charge is -2.13. The van der Waals surface area contributed by atoms with Crippen LogP contribution in [-0.2, 0) is 4.79 Å². The van der Waals surface area contributed by atoms with Crippen molar-refractivity contribution in [2.24, 2.45) is 0 Å². The molecule has 178 valence electrons. The van der Waals surface area contributed by atoms with Crippen molar-refractivity contribution in [3.8, 4) is 17.1 Å². The van der Waals surface area contributed by atoms with Gasteiger partial charge in [0.1, 0.15) is 11.5 Å². The predicted octanol–water partition coefficient (Wildman–Crippen LogP) is 6.52. The minimum Gasteiger partial charge on any atom is -0.494 e. The first kappa shape index (κ1) is 25.6. The number of hydrogen-bond donors (Lipinski definition) is 3. The summed E-state index contributed by atoms with van der Waals surface area (Å²) in [6, 6.07) is 13.2. The third-order valence-corrected chi connectivity index (χ3v) is 5.51. The van der Waals surface area contributed by atoms with Crippen molar-refractivity contribution >= 4 is 63.7 Å². The summed E-state index contributed by atoms with van der Waals surface area (Å²) in [5.74, 6) is 0.294. The highest BCUT2D eigenvalue weighted by atomic mass is 35.5. The highest BCUT2D eigenvalue weighted by molar-refractivity contribution is 7.80. The van der Waals surface area contributed by atoms with Crippen molar-refractivity contribution in [2.45, 2.75) is 26.2 Å². The predicted molar refractivity (Wildman–Crippen MR) is 139 cm³/mol. The van der Waals surface area contributed by atoms with Gasteiger partial charge in [0, 0.05) is 28.8 Å². The summed E-state index contributed by atoms with van der Waals surface area (Å²) in [5.41, 5.74) is 1.69. The van der Waals surface area contributed by atoms with E-state index in [1.807, 2.05) is 6.92 Å². The number of unbranched alkanes of at least 4 members (excludes halogenated alkanes) is 1. The SMILES string of the molecule is CCCCC(=O)Nc1ccc(NC(=S)NC(=O)c2ccc(-c3cc(Cl)ccc3Cl)o2)cc1OC. The largest absolute Gasteiger partial charge is 0.494 e. The van der Waals surface area contributed by atoms with E-state index in [4.69, 9.17) is 44.6 Å². The minimum atomic E-state index is -0.534. The summed E-state index contributed by atoms with van der Waals surface area (Å²) < 4.78 is 11.0. The second-order valence-corrected chi connectivity index (χ2v) is 8.51. The summed E-state index contributed by atoms with van der Waals surface area (Å²) in [5, 5.41) is 9.31. The van der Waals surface area contributed by atoms with E-state index in [2.05, 4.69) is 16.0 Å². The van der Waals surface area contributed by atoms with Crippen molar-refractivity contribution in [3.05, 3.63) is 64.3 Å². The Labute approximate surface area is 212 Å². The number of thiocarbonyl (C=S) groups is 1. The maximum absolute atomic E-state index is 12.6. The van der Waals surface area contributed by atoms with Gasteiger partial charge in [0.05, 0.1) is 17.8 Å². The summed E-state index contributed by atoms with van der Waals surface area (Å²) in [7, 11) is 1.50. The zero-order valence-electron chi connectivity index (χ0n) is 18.5. The normalized spacial score (nSPS) is 10.5. The molecule has 1 aromatic heterocycles. The summed E-state index contributed by atoms with van der Waals surface area (Å²) in [6.45, 7) is 2.02. The molecule has 10 heteroatoms. The van der Waals surface area contributed by atoms with E-state index in [1.165, 1.54) is 13.2 Å². The average molecular weight is 520 g/mol. The first-order valence-corrected chi connectivity index (χ1v) is 11.6. The van der Waals surface area contributed by atoms with Crippen molar-refractivity contribution in [1.29, 1.82) is 0 Å². The standard InChI is InChI=1S/C24H23Cl2N3O4S/c1-3-4-5-22(30)28-18-9-7-15(13-21(18)32-2)27-24(34)29-23(31)20-11-10-19(33-20)16-12-14(25)6-8-17(16)26/h6-13H,3-5H2,1-2H3,(H,28,30)(H2,27,29,31,34). The van der Waals surface area contributed by atoms with Gasteiger partial charge in [0.2, 0.25) is 5.91 Å². The molecule has 0 unspecified atom stereocenters. The van der Waals surface area contributed by atoms with Gasteiger partial charge in [-0.25, -0.2) is 0 Å². The zero-order chi connectivity index (χ0) is 24.7. The lowest BCUT2D eigenvalue weighted by atomic mass is 10.2. The quantitative estimate of drug-likeness (QED) is 0.293. The van der Waals surface area contributed by atoms with Gasteiger partial charge >= 0.3 is 0 Å². The van der Waals surface area contributed by atoms with E-state index < -0.39 is 5.91 Å². The molecule has 34 heavy (non-hydrogen) atoms. The van der Waals surface area contributed by atoms with Gasteiger partial charge in [0.15, 0.2) is 10.9 Å². The molecule has 2 amide bonds. The molecule has 1 heterocycles. The number of ether oxygens (including phenoxy) is 1. The summed E-state index contributed by atoms with van der Waals surface area (Å²) in [6.07, 6.45) is 2.18. The zero-order valence-corrected chi connectivity index (χ0v) is 20.9. The van der Waals surface area contributed by atoms with E-state index in [0.29, 0.717) is 44.9 Å². The van der Waals surface area contributed by atoms with Crippen LogP contribution in [0.5, 0.6) is 5.75 Å². The maximum atomic E-state index is 12.6. The number of carbonyl (C=O) groups excluding carboxylic acids is 2. The fourth-order valence-corrected chi connectivity index (χ4v) is 3.63. The topological polar surface area (TPSA) is 92.6 Å². The summed E-state index contributed by atoms with van der Waals surface area (Å²) >= 11 is 17.5. The second-order valence-electron chi connectivity index (χ2n) is 7.26. The van der Waals surface area contributed by atoms with E-state index in [1.54, 1.807) is 42.5 Å². The van der Waals surface area contributed by atoms with Crippen LogP contribution < -0.4 is 20.7 Å². The Morgan fingerprint density at radius 3 is 2.59 bits per heavy atom. The number of benzene rings is 2. The van der Waals surface area contributed by atoms with Crippen LogP contribution in [0, 0.1) is 0 Å². The number of carbonyl (C=O) groups is 2.